The highest BCUT2D eigenvalue weighted by atomic mass is 16.5. The molecule has 0 spiro atoms. The molecule has 0 fully saturated rings. The Morgan fingerprint density at radius 2 is 2.05 bits per heavy atom. The van der Waals surface area contributed by atoms with Crippen molar-refractivity contribution in [3.05, 3.63) is 35.4 Å². The Labute approximate surface area is 119 Å². The van der Waals surface area contributed by atoms with Crippen molar-refractivity contribution in [2.75, 3.05) is 33.0 Å². The van der Waals surface area contributed by atoms with Gasteiger partial charge in [-0.15, -0.1) is 0 Å². The zero-order chi connectivity index (χ0) is 14.8. The number of nitrogens with one attached hydrogen (secondary N) is 1. The minimum Gasteiger partial charge on any atom is -0.394 e. The van der Waals surface area contributed by atoms with E-state index in [1.807, 2.05) is 38.1 Å². The Balaban J connectivity index is 2.55. The van der Waals surface area contributed by atoms with E-state index in [0.717, 1.165) is 11.1 Å². The third-order valence-corrected chi connectivity index (χ3v) is 2.78. The molecule has 0 unspecified atom stereocenters. The first-order chi connectivity index (χ1) is 9.67. The summed E-state index contributed by atoms with van der Waals surface area (Å²) in [5.41, 5.74) is 2.13. The predicted octanol–water partition coefficient (Wildman–Crippen LogP) is 1.20. The second kappa shape index (κ2) is 9.47. The summed E-state index contributed by atoms with van der Waals surface area (Å²) in [5.74, 6) is -0.170. The van der Waals surface area contributed by atoms with E-state index in [1.54, 1.807) is 0 Å². The van der Waals surface area contributed by atoms with Gasteiger partial charge in [0.05, 0.1) is 19.3 Å². The van der Waals surface area contributed by atoms with Gasteiger partial charge in [0.25, 0.3) is 0 Å². The number of aliphatic hydroxyl groups excluding tert-OH is 1. The highest BCUT2D eigenvalue weighted by Crippen LogP contribution is 2.17. The van der Waals surface area contributed by atoms with Crippen LogP contribution in [0.3, 0.4) is 0 Å². The van der Waals surface area contributed by atoms with Gasteiger partial charge in [-0.2, -0.15) is 0 Å². The van der Waals surface area contributed by atoms with Crippen molar-refractivity contribution in [2.45, 2.75) is 20.0 Å². The van der Waals surface area contributed by atoms with E-state index >= 15 is 0 Å². The van der Waals surface area contributed by atoms with Crippen LogP contribution in [0.2, 0.25) is 0 Å². The van der Waals surface area contributed by atoms with Gasteiger partial charge in [0.2, 0.25) is 5.91 Å². The normalized spacial score (nSPS) is 12.2. The van der Waals surface area contributed by atoms with Crippen molar-refractivity contribution in [1.29, 1.82) is 0 Å². The number of rotatable bonds is 9. The van der Waals surface area contributed by atoms with Gasteiger partial charge in [-0.05, 0) is 19.4 Å². The van der Waals surface area contributed by atoms with Gasteiger partial charge in [0.1, 0.15) is 6.61 Å². The Morgan fingerprint density at radius 1 is 1.35 bits per heavy atom. The minimum atomic E-state index is -0.270. The molecule has 0 aliphatic heterocycles. The molecule has 0 aliphatic carbocycles. The Kier molecular flexibility index (Phi) is 7.87. The highest BCUT2D eigenvalue weighted by molar-refractivity contribution is 5.77. The van der Waals surface area contributed by atoms with Crippen molar-refractivity contribution in [3.8, 4) is 0 Å². The maximum atomic E-state index is 11.5. The lowest BCUT2D eigenvalue weighted by molar-refractivity contribution is -0.126. The minimum absolute atomic E-state index is 0.0464. The van der Waals surface area contributed by atoms with Crippen LogP contribution in [0.25, 0.3) is 0 Å². The summed E-state index contributed by atoms with van der Waals surface area (Å²) < 4.78 is 10.6. The first-order valence-corrected chi connectivity index (χ1v) is 6.80. The van der Waals surface area contributed by atoms with Crippen LogP contribution in [0.5, 0.6) is 0 Å². The maximum Gasteiger partial charge on any atom is 0.246 e. The number of hydrogen-bond donors (Lipinski definition) is 2. The van der Waals surface area contributed by atoms with Crippen LogP contribution in [0.15, 0.2) is 24.3 Å². The Bertz CT molecular complexity index is 391. The fraction of sp³-hybridized carbons (Fsp3) is 0.533. The molecule has 1 aromatic carbocycles. The number of aryl methyl sites for hydroxylation is 1. The van der Waals surface area contributed by atoms with Crippen LogP contribution in [-0.4, -0.2) is 44.0 Å². The quantitative estimate of drug-likeness (QED) is 0.713. The number of carbonyl (C=O) groups is 1. The smallest absolute Gasteiger partial charge is 0.246 e. The maximum absolute atomic E-state index is 11.5. The van der Waals surface area contributed by atoms with E-state index in [4.69, 9.17) is 14.6 Å². The van der Waals surface area contributed by atoms with Crippen molar-refractivity contribution >= 4 is 5.91 Å². The fourth-order valence-electron chi connectivity index (χ4n) is 1.70. The monoisotopic (exact) mass is 281 g/mol. The lowest BCUT2D eigenvalue weighted by atomic mass is 10.1. The second-order valence-electron chi connectivity index (χ2n) is 4.43. The van der Waals surface area contributed by atoms with Crippen LogP contribution in [-0.2, 0) is 14.3 Å². The zero-order valence-corrected chi connectivity index (χ0v) is 12.1. The molecule has 2 N–H and O–H groups in total. The van der Waals surface area contributed by atoms with Gasteiger partial charge in [0, 0.05) is 13.2 Å². The largest absolute Gasteiger partial charge is 0.394 e. The van der Waals surface area contributed by atoms with Gasteiger partial charge in [-0.25, -0.2) is 0 Å². The van der Waals surface area contributed by atoms with Gasteiger partial charge < -0.3 is 19.9 Å². The molecule has 1 amide bonds. The Hall–Kier alpha value is -1.43. The van der Waals surface area contributed by atoms with Crippen LogP contribution in [0.4, 0.5) is 0 Å². The predicted molar refractivity (Wildman–Crippen MR) is 76.5 cm³/mol. The topological polar surface area (TPSA) is 67.8 Å². The third-order valence-electron chi connectivity index (χ3n) is 2.78. The number of aliphatic hydroxyl groups is 1. The van der Waals surface area contributed by atoms with Gasteiger partial charge in [-0.1, -0.05) is 29.8 Å². The molecule has 0 aliphatic rings. The van der Waals surface area contributed by atoms with Crippen molar-refractivity contribution in [2.24, 2.45) is 0 Å². The van der Waals surface area contributed by atoms with Crippen molar-refractivity contribution in [3.63, 3.8) is 0 Å². The SMILES string of the molecule is CCOCC(=O)NC[C@@H](OCCO)c1ccc(C)cc1. The Morgan fingerprint density at radius 3 is 2.65 bits per heavy atom. The van der Waals surface area contributed by atoms with Crippen molar-refractivity contribution < 1.29 is 19.4 Å². The first-order valence-electron chi connectivity index (χ1n) is 6.80. The summed E-state index contributed by atoms with van der Waals surface area (Å²) in [5, 5.41) is 11.6. The van der Waals surface area contributed by atoms with Gasteiger partial charge >= 0.3 is 0 Å². The molecule has 20 heavy (non-hydrogen) atoms. The molecule has 0 radical (unpaired) electrons. The van der Waals surface area contributed by atoms with E-state index in [-0.39, 0.29) is 31.8 Å². The third kappa shape index (κ3) is 6.14. The average Bonchev–Trinajstić information content (AvgIpc) is 2.46. The number of ether oxygens (including phenoxy) is 2. The van der Waals surface area contributed by atoms with Crippen molar-refractivity contribution in [1.82, 2.24) is 5.32 Å². The first kappa shape index (κ1) is 16.6. The molecule has 0 aromatic heterocycles. The molecular formula is C15H23NO4. The molecule has 0 saturated carbocycles. The van der Waals surface area contributed by atoms with Crippen LogP contribution >= 0.6 is 0 Å². The average molecular weight is 281 g/mol. The van der Waals surface area contributed by atoms with Gasteiger partial charge in [0.15, 0.2) is 0 Å². The van der Waals surface area contributed by atoms with E-state index in [2.05, 4.69) is 5.32 Å². The summed E-state index contributed by atoms with van der Waals surface area (Å²) in [4.78, 5) is 11.5. The van der Waals surface area contributed by atoms with Gasteiger partial charge in [-0.3, -0.25) is 4.79 Å². The number of carbonyl (C=O) groups excluding carboxylic acids is 1. The highest BCUT2D eigenvalue weighted by Gasteiger charge is 2.13. The second-order valence-corrected chi connectivity index (χ2v) is 4.43. The van der Waals surface area contributed by atoms with Crippen LogP contribution < -0.4 is 5.32 Å². The molecule has 1 atom stereocenters. The zero-order valence-electron chi connectivity index (χ0n) is 12.1. The molecule has 0 bridgehead atoms. The molecule has 5 heteroatoms. The fourth-order valence-corrected chi connectivity index (χ4v) is 1.70. The molecule has 0 saturated heterocycles. The molecular weight excluding hydrogens is 258 g/mol. The van der Waals surface area contributed by atoms with Crippen LogP contribution in [0.1, 0.15) is 24.2 Å². The summed E-state index contributed by atoms with van der Waals surface area (Å²) in [7, 11) is 0. The summed E-state index contributed by atoms with van der Waals surface area (Å²) >= 11 is 0. The lowest BCUT2D eigenvalue weighted by Gasteiger charge is -2.19. The summed E-state index contributed by atoms with van der Waals surface area (Å²) in [6, 6.07) is 7.91. The van der Waals surface area contributed by atoms with E-state index in [0.29, 0.717) is 13.2 Å². The molecule has 0 heterocycles. The number of hydrogen-bond acceptors (Lipinski definition) is 4. The summed E-state index contributed by atoms with van der Waals surface area (Å²) in [6.07, 6.45) is -0.270. The van der Waals surface area contributed by atoms with E-state index < -0.39 is 0 Å². The summed E-state index contributed by atoms with van der Waals surface area (Å²) in [6.45, 7) is 4.96. The molecule has 1 rings (SSSR count). The lowest BCUT2D eigenvalue weighted by Crippen LogP contribution is -2.32. The number of amides is 1. The van der Waals surface area contributed by atoms with Crippen LogP contribution in [0, 0.1) is 6.92 Å². The standard InChI is InChI=1S/C15H23NO4/c1-3-19-11-15(18)16-10-14(20-9-8-17)13-6-4-12(2)5-7-13/h4-7,14,17H,3,8-11H2,1-2H3,(H,16,18)/t14-/m1/s1. The molecule has 112 valence electrons. The van der Waals surface area contributed by atoms with E-state index in [9.17, 15) is 4.79 Å². The number of benzene rings is 1. The van der Waals surface area contributed by atoms with E-state index in [1.165, 1.54) is 0 Å². The molecule has 1 aromatic rings. The molecule has 5 nitrogen and oxygen atoms in total.